The third-order valence-electron chi connectivity index (χ3n) is 29.8. The Morgan fingerprint density at radius 1 is 0.328 bits per heavy atom. The fraction of sp³-hybridized carbons (Fsp3) is 0.295. The zero-order valence-electron chi connectivity index (χ0n) is 75.9. The second kappa shape index (κ2) is 32.3. The lowest BCUT2D eigenvalue weighted by Gasteiger charge is -2.38. The van der Waals surface area contributed by atoms with Crippen molar-refractivity contribution in [3.63, 3.8) is 0 Å². The number of para-hydroxylation sites is 1. The van der Waals surface area contributed by atoms with Crippen molar-refractivity contribution in [3.8, 4) is 28.2 Å². The summed E-state index contributed by atoms with van der Waals surface area (Å²) in [5, 5.41) is 7.40. The van der Waals surface area contributed by atoms with Crippen LogP contribution in [0.3, 0.4) is 0 Å². The molecule has 0 fully saturated rings. The minimum atomic E-state index is -0.865. The topological polar surface area (TPSA) is 14.8 Å². The zero-order valence-corrected chi connectivity index (χ0v) is 75.9. The van der Waals surface area contributed by atoms with Crippen LogP contribution >= 0.6 is 0 Å². The SMILES string of the molecule is C=C1/C=C\CCCc2ccccc2C1(c1ccc2c(c1)c1cc(C3=CC4=C(CC3)c3ccccc3C4(CCCCCCCC)CCCCCCCC)ccc1n2-c1ccc(C(C)(C)C)cc1)c1ccc2c(c1)c1cc(C3(c4ccc5c(c4)c4ccccc4n5-c4ccc(C(C)(C)C)cc4)c4ccccc4-c4ccccc43)ccc1n2-c1ccc(C(C)(C)C)cc1. The number of fused-ring (bicyclic) bond motifs is 15. The van der Waals surface area contributed by atoms with Gasteiger partial charge in [-0.05, 0) is 276 Å². The van der Waals surface area contributed by atoms with Crippen molar-refractivity contribution in [1.29, 1.82) is 0 Å². The summed E-state index contributed by atoms with van der Waals surface area (Å²) in [5.74, 6) is 0. The minimum absolute atomic E-state index is 0.000746. The molecule has 125 heavy (non-hydrogen) atoms. The average molecular weight is 1630 g/mol. The van der Waals surface area contributed by atoms with E-state index in [1.165, 1.54) is 239 Å². The molecule has 0 bridgehead atoms. The van der Waals surface area contributed by atoms with E-state index in [4.69, 9.17) is 6.58 Å². The van der Waals surface area contributed by atoms with E-state index < -0.39 is 10.8 Å². The van der Waals surface area contributed by atoms with Crippen molar-refractivity contribution >= 4 is 76.6 Å². The zero-order chi connectivity index (χ0) is 85.7. The van der Waals surface area contributed by atoms with E-state index in [2.05, 4.69) is 393 Å². The first-order valence-corrected chi connectivity index (χ1v) is 47.4. The summed E-state index contributed by atoms with van der Waals surface area (Å²) in [7, 11) is 0. The number of aromatic nitrogens is 3. The van der Waals surface area contributed by atoms with Crippen LogP contribution in [0.5, 0.6) is 0 Å². The van der Waals surface area contributed by atoms with Crippen molar-refractivity contribution < 1.29 is 0 Å². The number of allylic oxidation sites excluding steroid dienone is 7. The Morgan fingerprint density at radius 3 is 1.19 bits per heavy atom. The van der Waals surface area contributed by atoms with Crippen LogP contribution in [0.1, 0.15) is 270 Å². The van der Waals surface area contributed by atoms with Crippen LogP contribution in [0.15, 0.2) is 321 Å². The average Bonchev–Trinajstić information content (AvgIpc) is 1.55. The number of nitrogens with zero attached hydrogens (tertiary/aromatic N) is 3. The second-order valence-corrected chi connectivity index (χ2v) is 40.4. The Labute approximate surface area is 743 Å². The van der Waals surface area contributed by atoms with Gasteiger partial charge in [0.25, 0.3) is 0 Å². The lowest BCUT2D eigenvalue weighted by molar-refractivity contribution is 0.395. The Hall–Kier alpha value is -11.8. The molecule has 0 radical (unpaired) electrons. The number of benzene rings is 13. The van der Waals surface area contributed by atoms with Crippen molar-refractivity contribution in [2.75, 3.05) is 0 Å². The van der Waals surface area contributed by atoms with Crippen molar-refractivity contribution in [2.45, 2.75) is 231 Å². The number of aryl methyl sites for hydroxylation is 1. The highest BCUT2D eigenvalue weighted by Gasteiger charge is 2.49. The van der Waals surface area contributed by atoms with Gasteiger partial charge >= 0.3 is 0 Å². The standard InChI is InChI=1S/C122H123N3/c1-13-15-17-19-21-36-74-120(75-37-22-20-18-16-14-2)107-46-32-27-41-96(107)99-68-50-85(77-110(99)120)84-51-69-112-101(76-84)103-78-89(58-70-114(103)124(112)94-64-54-87(55-65-94)118(7,8)9)121(82(3)38-24-23-25-39-83-40-26-31-45-106(83)121)90-59-71-115-104(79-90)105-81-92(61-73-116(105)125(115)95-66-56-88(57-67-95)119(10,11)12)122(108-47-33-28-42-97(108)98-43-29-34-48-109(98)122)91-60-72-113-102(80-91)100-44-30-35-49-111(100)123(113)93-62-52-86(53-63-93)117(4,5)6/h24,26-35,38,40-49,51-67,69-73,76-81H,3,13-23,25,36-37,39,50,68,74-75H2,1-2,4-12H3/b38-24-. The molecule has 3 heterocycles. The van der Waals surface area contributed by atoms with Crippen LogP contribution in [-0.2, 0) is 38.9 Å². The summed E-state index contributed by atoms with van der Waals surface area (Å²) >= 11 is 0. The molecule has 0 spiro atoms. The van der Waals surface area contributed by atoms with Gasteiger partial charge in [-0.3, -0.25) is 0 Å². The van der Waals surface area contributed by atoms with Crippen LogP contribution in [-0.4, -0.2) is 13.7 Å². The molecule has 13 aromatic carbocycles. The summed E-state index contributed by atoms with van der Waals surface area (Å²) in [6, 6.07) is 113. The van der Waals surface area contributed by atoms with Crippen LogP contribution in [0.25, 0.3) is 105 Å². The van der Waals surface area contributed by atoms with Crippen LogP contribution in [0.4, 0.5) is 0 Å². The van der Waals surface area contributed by atoms with Gasteiger partial charge in [-0.1, -0.05) is 360 Å². The molecule has 1 atom stereocenters. The fourth-order valence-electron chi connectivity index (χ4n) is 23.3. The molecule has 1 unspecified atom stereocenters. The molecule has 16 aromatic rings. The van der Waals surface area contributed by atoms with Gasteiger partial charge in [0.15, 0.2) is 0 Å². The normalized spacial score (nSPS) is 16.5. The van der Waals surface area contributed by atoms with E-state index in [9.17, 15) is 0 Å². The molecular weight excluding hydrogens is 1510 g/mol. The lowest BCUT2D eigenvalue weighted by atomic mass is 9.63. The van der Waals surface area contributed by atoms with Crippen molar-refractivity contribution in [3.05, 3.63) is 399 Å². The van der Waals surface area contributed by atoms with E-state index in [0.717, 1.165) is 60.1 Å². The highest BCUT2D eigenvalue weighted by molar-refractivity contribution is 6.14. The van der Waals surface area contributed by atoms with Crippen molar-refractivity contribution in [2.24, 2.45) is 0 Å². The van der Waals surface area contributed by atoms with Gasteiger partial charge in [-0.15, -0.1) is 0 Å². The Morgan fingerprint density at radius 2 is 0.712 bits per heavy atom. The molecule has 626 valence electrons. The van der Waals surface area contributed by atoms with Gasteiger partial charge in [-0.2, -0.15) is 0 Å². The molecule has 0 amide bonds. The molecule has 4 aliphatic rings. The number of rotatable bonds is 22. The van der Waals surface area contributed by atoms with Gasteiger partial charge in [0.05, 0.1) is 43.9 Å². The molecule has 4 aliphatic carbocycles. The first kappa shape index (κ1) is 81.6. The minimum Gasteiger partial charge on any atom is -0.309 e. The van der Waals surface area contributed by atoms with Crippen LogP contribution in [0, 0.1) is 0 Å². The van der Waals surface area contributed by atoms with E-state index in [0.29, 0.717) is 0 Å². The van der Waals surface area contributed by atoms with Gasteiger partial charge in [0.1, 0.15) is 0 Å². The molecule has 0 saturated carbocycles. The maximum absolute atomic E-state index is 5.42. The number of hydrogen-bond donors (Lipinski definition) is 0. The Balaban J connectivity index is 0.815. The summed E-state index contributed by atoms with van der Waals surface area (Å²) in [4.78, 5) is 0. The predicted molar refractivity (Wildman–Crippen MR) is 535 cm³/mol. The number of hydrogen-bond acceptors (Lipinski definition) is 0. The van der Waals surface area contributed by atoms with Crippen LogP contribution in [0.2, 0.25) is 0 Å². The molecular formula is C122H123N3. The molecule has 0 N–H and O–H groups in total. The van der Waals surface area contributed by atoms with Crippen LogP contribution < -0.4 is 0 Å². The summed E-state index contributed by atoms with van der Waals surface area (Å²) in [6.45, 7) is 31.0. The Bertz CT molecular complexity index is 6900. The smallest absolute Gasteiger partial charge is 0.0714 e. The molecule has 3 nitrogen and oxygen atoms in total. The van der Waals surface area contributed by atoms with E-state index in [-0.39, 0.29) is 21.7 Å². The van der Waals surface area contributed by atoms with Crippen molar-refractivity contribution in [1.82, 2.24) is 13.7 Å². The predicted octanol–water partition coefficient (Wildman–Crippen LogP) is 33.4. The quantitative estimate of drug-likeness (QED) is 0.0601. The van der Waals surface area contributed by atoms with Gasteiger partial charge in [0, 0.05) is 54.8 Å². The van der Waals surface area contributed by atoms with Gasteiger partial charge in [-0.25, -0.2) is 0 Å². The summed E-state index contributed by atoms with van der Waals surface area (Å²) in [5.41, 5.74) is 35.9. The van der Waals surface area contributed by atoms with E-state index in [1.807, 2.05) is 0 Å². The highest BCUT2D eigenvalue weighted by atomic mass is 15.0. The number of unbranched alkanes of at least 4 members (excludes halogenated alkanes) is 10. The third-order valence-corrected chi connectivity index (χ3v) is 29.8. The summed E-state index contributed by atoms with van der Waals surface area (Å²) < 4.78 is 7.61. The largest absolute Gasteiger partial charge is 0.309 e. The first-order chi connectivity index (χ1) is 60.7. The molecule has 20 rings (SSSR count). The maximum atomic E-state index is 5.42. The first-order valence-electron chi connectivity index (χ1n) is 47.4. The third kappa shape index (κ3) is 13.7. The Kier molecular flexibility index (Phi) is 21.1. The molecule has 3 heteroatoms. The van der Waals surface area contributed by atoms with E-state index in [1.54, 1.807) is 16.7 Å². The van der Waals surface area contributed by atoms with Gasteiger partial charge in [0.2, 0.25) is 0 Å². The fourth-order valence-corrected chi connectivity index (χ4v) is 23.3. The monoisotopic (exact) mass is 1630 g/mol. The highest BCUT2D eigenvalue weighted by Crippen LogP contribution is 2.60. The maximum Gasteiger partial charge on any atom is 0.0714 e. The lowest BCUT2D eigenvalue weighted by Crippen LogP contribution is -2.32. The molecule has 3 aromatic heterocycles. The second-order valence-electron chi connectivity index (χ2n) is 40.4. The summed E-state index contributed by atoms with van der Waals surface area (Å²) in [6.07, 6.45) is 30.7. The van der Waals surface area contributed by atoms with Gasteiger partial charge < -0.3 is 13.7 Å². The molecule has 0 aliphatic heterocycles. The van der Waals surface area contributed by atoms with E-state index >= 15 is 0 Å². The molecule has 0 saturated heterocycles.